The Hall–Kier alpha value is -2.45. The molecule has 4 rings (SSSR count). The van der Waals surface area contributed by atoms with Gasteiger partial charge in [0.15, 0.2) is 0 Å². The number of β-lactam (4-membered cyclic amide) rings is 1. The number of carboxylic acid groups (broad SMARTS) is 1. The van der Waals surface area contributed by atoms with E-state index < -0.39 is 34.1 Å². The second kappa shape index (κ2) is 9.54. The van der Waals surface area contributed by atoms with Crippen molar-refractivity contribution in [1.29, 1.82) is 0 Å². The molecule has 2 saturated heterocycles. The number of aliphatic hydroxyl groups is 1. The maximum absolute atomic E-state index is 12.7. The standard InChI is InChI=1S/C22H28N4O7S2/c1-10-17-16(11(2)27)21(29)26(17)18(22(30)31)19(10)34-13-7-15(24-9-13)20(28)25-8-12-3-5-14(6-4-12)35(23,32)33/h3-6,10-11,13,15-17,24,27H,7-9H2,1-2H3,(H,25,28)(H,30,31)(H2,23,32,33)/t10-,11-,13+,15+,16-,17?/m1/s1. The maximum atomic E-state index is 12.7. The molecule has 35 heavy (non-hydrogen) atoms. The van der Waals surface area contributed by atoms with Crippen LogP contribution in [0.15, 0.2) is 39.8 Å². The van der Waals surface area contributed by atoms with E-state index in [0.29, 0.717) is 23.4 Å². The Kier molecular flexibility index (Phi) is 6.99. The number of hydrogen-bond acceptors (Lipinski definition) is 8. The molecule has 0 aromatic heterocycles. The normalized spacial score (nSPS) is 29.1. The van der Waals surface area contributed by atoms with Crippen LogP contribution >= 0.6 is 11.8 Å². The van der Waals surface area contributed by atoms with Crippen molar-refractivity contribution in [1.82, 2.24) is 15.5 Å². The van der Waals surface area contributed by atoms with Gasteiger partial charge in [-0.2, -0.15) is 0 Å². The topological polar surface area (TPSA) is 179 Å². The fraction of sp³-hybridized carbons (Fsp3) is 0.500. The number of hydrogen-bond donors (Lipinski definition) is 5. The van der Waals surface area contributed by atoms with Crippen molar-refractivity contribution in [2.75, 3.05) is 6.54 Å². The summed E-state index contributed by atoms with van der Waals surface area (Å²) >= 11 is 1.37. The van der Waals surface area contributed by atoms with Gasteiger partial charge in [0.2, 0.25) is 21.8 Å². The molecule has 1 unspecified atom stereocenters. The van der Waals surface area contributed by atoms with E-state index in [1.165, 1.54) is 35.7 Å². The lowest BCUT2D eigenvalue weighted by atomic mass is 9.79. The van der Waals surface area contributed by atoms with Crippen molar-refractivity contribution >= 4 is 39.6 Å². The summed E-state index contributed by atoms with van der Waals surface area (Å²) in [5.41, 5.74) is 0.692. The van der Waals surface area contributed by atoms with Crippen LogP contribution in [-0.4, -0.2) is 71.3 Å². The second-order valence-corrected chi connectivity index (χ2v) is 12.0. The zero-order valence-electron chi connectivity index (χ0n) is 19.2. The molecule has 0 saturated carbocycles. The largest absolute Gasteiger partial charge is 0.477 e. The van der Waals surface area contributed by atoms with Crippen LogP contribution in [-0.2, 0) is 31.0 Å². The van der Waals surface area contributed by atoms with Crippen LogP contribution < -0.4 is 15.8 Å². The molecule has 1 aromatic rings. The summed E-state index contributed by atoms with van der Waals surface area (Å²) in [6.07, 6.45) is -0.384. The lowest BCUT2D eigenvalue weighted by Crippen LogP contribution is -2.63. The zero-order chi connectivity index (χ0) is 25.7. The highest BCUT2D eigenvalue weighted by molar-refractivity contribution is 8.03. The van der Waals surface area contributed by atoms with Crippen molar-refractivity contribution in [3.63, 3.8) is 0 Å². The number of carbonyl (C=O) groups excluding carboxylic acids is 2. The Morgan fingerprint density at radius 1 is 1.31 bits per heavy atom. The number of amides is 2. The number of carboxylic acids is 1. The predicted octanol–water partition coefficient (Wildman–Crippen LogP) is -0.432. The summed E-state index contributed by atoms with van der Waals surface area (Å²) in [5, 5.41) is 30.7. The molecule has 0 spiro atoms. The molecule has 3 heterocycles. The molecule has 11 nitrogen and oxygen atoms in total. The van der Waals surface area contributed by atoms with Crippen LogP contribution in [0.5, 0.6) is 0 Å². The summed E-state index contributed by atoms with van der Waals surface area (Å²) in [6, 6.07) is 5.07. The predicted molar refractivity (Wildman–Crippen MR) is 127 cm³/mol. The number of fused-ring (bicyclic) bond motifs is 1. The first-order valence-electron chi connectivity index (χ1n) is 11.2. The van der Waals surface area contributed by atoms with Gasteiger partial charge >= 0.3 is 5.97 Å². The van der Waals surface area contributed by atoms with E-state index in [0.717, 1.165) is 0 Å². The summed E-state index contributed by atoms with van der Waals surface area (Å²) in [7, 11) is -3.78. The van der Waals surface area contributed by atoms with E-state index in [4.69, 9.17) is 5.14 Å². The minimum atomic E-state index is -3.78. The van der Waals surface area contributed by atoms with Crippen molar-refractivity contribution in [2.45, 2.75) is 55.1 Å². The number of benzene rings is 1. The number of nitrogens with two attached hydrogens (primary N) is 1. The van der Waals surface area contributed by atoms with Crippen LogP contribution in [0, 0.1) is 11.8 Å². The van der Waals surface area contributed by atoms with Gasteiger partial charge in [0.1, 0.15) is 5.70 Å². The number of primary sulfonamides is 1. The molecular formula is C22H28N4O7S2. The van der Waals surface area contributed by atoms with E-state index in [1.807, 2.05) is 6.92 Å². The molecule has 2 fully saturated rings. The molecule has 6 N–H and O–H groups in total. The number of rotatable bonds is 8. The number of aliphatic hydroxyl groups excluding tert-OH is 1. The highest BCUT2D eigenvalue weighted by atomic mass is 32.2. The Balaban J connectivity index is 1.36. The Bertz CT molecular complexity index is 1180. The van der Waals surface area contributed by atoms with Crippen LogP contribution in [0.3, 0.4) is 0 Å². The number of nitrogens with zero attached hydrogens (tertiary/aromatic N) is 1. The molecule has 13 heteroatoms. The quantitative estimate of drug-likeness (QED) is 0.282. The van der Waals surface area contributed by atoms with E-state index in [9.17, 15) is 33.0 Å². The zero-order valence-corrected chi connectivity index (χ0v) is 20.8. The van der Waals surface area contributed by atoms with Crippen LogP contribution in [0.25, 0.3) is 0 Å². The molecular weight excluding hydrogens is 496 g/mol. The molecule has 0 bridgehead atoms. The van der Waals surface area contributed by atoms with Gasteiger partial charge in [0.05, 0.1) is 29.0 Å². The first-order chi connectivity index (χ1) is 16.4. The lowest BCUT2D eigenvalue weighted by molar-refractivity contribution is -0.163. The van der Waals surface area contributed by atoms with Crippen molar-refractivity contribution in [2.24, 2.45) is 17.0 Å². The Morgan fingerprint density at radius 3 is 2.54 bits per heavy atom. The molecule has 3 aliphatic heterocycles. The minimum absolute atomic E-state index is 0.00712. The smallest absolute Gasteiger partial charge is 0.353 e. The number of aliphatic carboxylic acids is 1. The van der Waals surface area contributed by atoms with Gasteiger partial charge in [-0.25, -0.2) is 18.4 Å². The van der Waals surface area contributed by atoms with Crippen molar-refractivity contribution in [3.05, 3.63) is 40.4 Å². The highest BCUT2D eigenvalue weighted by Gasteiger charge is 2.60. The average Bonchev–Trinajstić information content (AvgIpc) is 3.33. The van der Waals surface area contributed by atoms with E-state index in [1.54, 1.807) is 12.1 Å². The summed E-state index contributed by atoms with van der Waals surface area (Å²) < 4.78 is 22.7. The number of sulfonamides is 1. The molecule has 190 valence electrons. The average molecular weight is 525 g/mol. The molecule has 3 aliphatic rings. The summed E-state index contributed by atoms with van der Waals surface area (Å²) in [5.74, 6) is -2.60. The van der Waals surface area contributed by atoms with Gasteiger partial charge in [-0.15, -0.1) is 11.8 Å². The number of thioether (sulfide) groups is 1. The van der Waals surface area contributed by atoms with Gasteiger partial charge in [0, 0.05) is 29.2 Å². The van der Waals surface area contributed by atoms with E-state index in [2.05, 4.69) is 10.6 Å². The molecule has 1 aromatic carbocycles. The lowest BCUT2D eigenvalue weighted by Gasteiger charge is -2.46. The minimum Gasteiger partial charge on any atom is -0.477 e. The number of carbonyl (C=O) groups is 3. The van der Waals surface area contributed by atoms with Crippen molar-refractivity contribution in [3.8, 4) is 0 Å². The SMILES string of the molecule is C[C@H]1C(S[C@@H]2CN[C@H](C(=O)NCc3ccc(S(N)(=O)=O)cc3)C2)=C(C(=O)O)N2C(=O)[C@H]([C@@H](C)O)C12. The highest BCUT2D eigenvalue weighted by Crippen LogP contribution is 2.51. The third-order valence-corrected chi connectivity index (χ3v) is 9.17. The molecule has 2 amide bonds. The Morgan fingerprint density at radius 2 is 1.97 bits per heavy atom. The third-order valence-electron chi connectivity index (χ3n) is 6.73. The monoisotopic (exact) mass is 524 g/mol. The van der Waals surface area contributed by atoms with Crippen LogP contribution in [0.1, 0.15) is 25.8 Å². The summed E-state index contributed by atoms with van der Waals surface area (Å²) in [6.45, 7) is 4.11. The van der Waals surface area contributed by atoms with E-state index in [-0.39, 0.29) is 46.2 Å². The van der Waals surface area contributed by atoms with Gasteiger partial charge in [-0.1, -0.05) is 19.1 Å². The first kappa shape index (κ1) is 25.6. The fourth-order valence-corrected chi connectivity index (χ4v) is 6.95. The molecule has 0 radical (unpaired) electrons. The maximum Gasteiger partial charge on any atom is 0.353 e. The summed E-state index contributed by atoms with van der Waals surface area (Å²) in [4.78, 5) is 39.0. The van der Waals surface area contributed by atoms with Gasteiger partial charge in [-0.3, -0.25) is 9.59 Å². The number of nitrogens with one attached hydrogen (secondary N) is 2. The van der Waals surface area contributed by atoms with Crippen LogP contribution in [0.4, 0.5) is 0 Å². The molecule has 0 aliphatic carbocycles. The van der Waals surface area contributed by atoms with Crippen LogP contribution in [0.2, 0.25) is 0 Å². The molecule has 6 atom stereocenters. The van der Waals surface area contributed by atoms with Gasteiger partial charge < -0.3 is 25.7 Å². The van der Waals surface area contributed by atoms with E-state index >= 15 is 0 Å². The van der Waals surface area contributed by atoms with Crippen molar-refractivity contribution < 1.29 is 33.0 Å². The first-order valence-corrected chi connectivity index (χ1v) is 13.6. The van der Waals surface area contributed by atoms with Gasteiger partial charge in [-0.05, 0) is 31.0 Å². The Labute approximate surface area is 207 Å². The second-order valence-electron chi connectivity index (χ2n) is 9.12. The fourth-order valence-electron chi connectivity index (χ4n) is 4.96. The third kappa shape index (κ3) is 4.83. The van der Waals surface area contributed by atoms with Gasteiger partial charge in [0.25, 0.3) is 0 Å².